The number of nitrogens with zero attached hydrogens (tertiary/aromatic N) is 1. The number of halogens is 2. The number of carbonyl (C=O) groups is 2. The van der Waals surface area contributed by atoms with E-state index in [1.165, 1.54) is 6.42 Å². The molecule has 0 bridgehead atoms. The SMILES string of the molecule is CC1CCCN(CC(O)CNC(=O)C(=O)Nc2ccc(F)c(F)c2)C1. The fourth-order valence-electron chi connectivity index (χ4n) is 2.87. The van der Waals surface area contributed by atoms with E-state index < -0.39 is 29.6 Å². The van der Waals surface area contributed by atoms with Crippen molar-refractivity contribution in [2.45, 2.75) is 25.9 Å². The van der Waals surface area contributed by atoms with Crippen LogP contribution in [0, 0.1) is 17.6 Å². The molecule has 8 heteroatoms. The topological polar surface area (TPSA) is 81.7 Å². The number of rotatable bonds is 5. The Morgan fingerprint density at radius 3 is 2.76 bits per heavy atom. The van der Waals surface area contributed by atoms with Gasteiger partial charge in [0.05, 0.1) is 6.10 Å². The Balaban J connectivity index is 1.74. The summed E-state index contributed by atoms with van der Waals surface area (Å²) in [6.07, 6.45) is 1.47. The summed E-state index contributed by atoms with van der Waals surface area (Å²) < 4.78 is 25.9. The predicted molar refractivity (Wildman–Crippen MR) is 88.8 cm³/mol. The van der Waals surface area contributed by atoms with Crippen LogP contribution in [0.5, 0.6) is 0 Å². The number of hydrogen-bond acceptors (Lipinski definition) is 4. The lowest BCUT2D eigenvalue weighted by Crippen LogP contribution is -2.45. The maximum absolute atomic E-state index is 13.1. The minimum atomic E-state index is -1.12. The second-order valence-corrected chi connectivity index (χ2v) is 6.45. The minimum Gasteiger partial charge on any atom is -0.390 e. The molecule has 25 heavy (non-hydrogen) atoms. The number of anilines is 1. The lowest BCUT2D eigenvalue weighted by atomic mass is 10.00. The second kappa shape index (κ2) is 8.87. The number of hydrogen-bond donors (Lipinski definition) is 3. The molecule has 0 spiro atoms. The van der Waals surface area contributed by atoms with Crippen molar-refractivity contribution in [1.82, 2.24) is 10.2 Å². The molecule has 1 aromatic carbocycles. The number of carbonyl (C=O) groups excluding carboxylic acids is 2. The number of nitrogens with one attached hydrogen (secondary N) is 2. The van der Waals surface area contributed by atoms with Gasteiger partial charge >= 0.3 is 11.8 Å². The highest BCUT2D eigenvalue weighted by molar-refractivity contribution is 6.39. The van der Waals surface area contributed by atoms with Gasteiger partial charge in [0.1, 0.15) is 0 Å². The molecular formula is C17H23F2N3O3. The van der Waals surface area contributed by atoms with Gasteiger partial charge in [-0.25, -0.2) is 8.78 Å². The molecule has 1 fully saturated rings. The van der Waals surface area contributed by atoms with Crippen LogP contribution in [0.1, 0.15) is 19.8 Å². The van der Waals surface area contributed by atoms with Crippen LogP contribution < -0.4 is 10.6 Å². The molecule has 1 heterocycles. The van der Waals surface area contributed by atoms with Gasteiger partial charge in [-0.1, -0.05) is 6.92 Å². The summed E-state index contributed by atoms with van der Waals surface area (Å²) in [6.45, 7) is 4.33. The molecule has 0 saturated carbocycles. The fraction of sp³-hybridized carbons (Fsp3) is 0.529. The van der Waals surface area contributed by atoms with Gasteiger partial charge in [0.15, 0.2) is 11.6 Å². The number of benzene rings is 1. The molecule has 0 radical (unpaired) electrons. The highest BCUT2D eigenvalue weighted by Gasteiger charge is 2.20. The quantitative estimate of drug-likeness (QED) is 0.691. The Bertz CT molecular complexity index is 627. The van der Waals surface area contributed by atoms with E-state index in [-0.39, 0.29) is 12.2 Å². The summed E-state index contributed by atoms with van der Waals surface area (Å²) in [4.78, 5) is 25.6. The van der Waals surface area contributed by atoms with Crippen LogP contribution >= 0.6 is 0 Å². The lowest BCUT2D eigenvalue weighted by Gasteiger charge is -2.32. The van der Waals surface area contributed by atoms with Crippen molar-refractivity contribution in [3.8, 4) is 0 Å². The Labute approximate surface area is 145 Å². The third-order valence-electron chi connectivity index (χ3n) is 4.09. The number of likely N-dealkylation sites (tertiary alicyclic amines) is 1. The first kappa shape index (κ1) is 19.3. The summed E-state index contributed by atoms with van der Waals surface area (Å²) in [5, 5.41) is 14.5. The average molecular weight is 355 g/mol. The van der Waals surface area contributed by atoms with Gasteiger partial charge in [-0.2, -0.15) is 0 Å². The van der Waals surface area contributed by atoms with Gasteiger partial charge in [-0.05, 0) is 37.4 Å². The summed E-state index contributed by atoms with van der Waals surface area (Å²) in [7, 11) is 0. The van der Waals surface area contributed by atoms with Gasteiger partial charge < -0.3 is 20.6 Å². The Kier molecular flexibility index (Phi) is 6.83. The lowest BCUT2D eigenvalue weighted by molar-refractivity contribution is -0.136. The zero-order valence-corrected chi connectivity index (χ0v) is 14.1. The Morgan fingerprint density at radius 1 is 1.32 bits per heavy atom. The average Bonchev–Trinajstić information content (AvgIpc) is 2.56. The molecule has 6 nitrogen and oxygen atoms in total. The third-order valence-corrected chi connectivity index (χ3v) is 4.09. The van der Waals surface area contributed by atoms with E-state index in [0.29, 0.717) is 12.5 Å². The molecular weight excluding hydrogens is 332 g/mol. The number of piperidine rings is 1. The first-order valence-corrected chi connectivity index (χ1v) is 8.30. The number of aliphatic hydroxyl groups is 1. The van der Waals surface area contributed by atoms with E-state index in [2.05, 4.69) is 22.5 Å². The summed E-state index contributed by atoms with van der Waals surface area (Å²) in [5.41, 5.74) is -0.0260. The van der Waals surface area contributed by atoms with Crippen molar-refractivity contribution in [3.63, 3.8) is 0 Å². The van der Waals surface area contributed by atoms with E-state index in [4.69, 9.17) is 0 Å². The zero-order valence-electron chi connectivity index (χ0n) is 14.1. The largest absolute Gasteiger partial charge is 0.390 e. The number of β-amino-alcohol motifs (C(OH)–C–C–N with tert-alkyl or cyclic N) is 1. The van der Waals surface area contributed by atoms with Crippen molar-refractivity contribution >= 4 is 17.5 Å². The normalized spacial score (nSPS) is 19.3. The molecule has 2 unspecified atom stereocenters. The molecule has 2 amide bonds. The molecule has 1 aliphatic rings. The van der Waals surface area contributed by atoms with Crippen molar-refractivity contribution in [2.24, 2.45) is 5.92 Å². The molecule has 1 aromatic rings. The van der Waals surface area contributed by atoms with Gasteiger partial charge in [0.2, 0.25) is 0 Å². The summed E-state index contributed by atoms with van der Waals surface area (Å²) >= 11 is 0. The highest BCUT2D eigenvalue weighted by Crippen LogP contribution is 2.15. The van der Waals surface area contributed by atoms with Crippen LogP contribution in [0.3, 0.4) is 0 Å². The van der Waals surface area contributed by atoms with Crippen molar-refractivity contribution in [1.29, 1.82) is 0 Å². The maximum atomic E-state index is 13.1. The van der Waals surface area contributed by atoms with Crippen molar-refractivity contribution < 1.29 is 23.5 Å². The molecule has 2 atom stereocenters. The molecule has 0 aromatic heterocycles. The van der Waals surface area contributed by atoms with Gasteiger partial charge in [0, 0.05) is 31.4 Å². The van der Waals surface area contributed by atoms with Crippen LogP contribution in [-0.2, 0) is 9.59 Å². The zero-order chi connectivity index (χ0) is 18.4. The van der Waals surface area contributed by atoms with E-state index in [9.17, 15) is 23.5 Å². The standard InChI is InChI=1S/C17H23F2N3O3/c1-11-3-2-6-22(9-11)10-13(23)8-20-16(24)17(25)21-12-4-5-14(18)15(19)7-12/h4-5,7,11,13,23H,2-3,6,8-10H2,1H3,(H,20,24)(H,21,25). The third kappa shape index (κ3) is 6.06. The van der Waals surface area contributed by atoms with Crippen LogP contribution in [0.25, 0.3) is 0 Å². The molecule has 138 valence electrons. The van der Waals surface area contributed by atoms with E-state index in [1.807, 2.05) is 0 Å². The highest BCUT2D eigenvalue weighted by atomic mass is 19.2. The Morgan fingerprint density at radius 2 is 2.08 bits per heavy atom. The monoisotopic (exact) mass is 355 g/mol. The fourth-order valence-corrected chi connectivity index (χ4v) is 2.87. The first-order chi connectivity index (χ1) is 11.8. The van der Waals surface area contributed by atoms with Crippen LogP contribution in [0.15, 0.2) is 18.2 Å². The van der Waals surface area contributed by atoms with Gasteiger partial charge in [-0.3, -0.25) is 9.59 Å². The number of aliphatic hydroxyl groups excluding tert-OH is 1. The van der Waals surface area contributed by atoms with Crippen LogP contribution in [0.2, 0.25) is 0 Å². The van der Waals surface area contributed by atoms with Gasteiger partial charge in [-0.15, -0.1) is 0 Å². The number of amides is 2. The predicted octanol–water partition coefficient (Wildman–Crippen LogP) is 1.11. The molecule has 1 saturated heterocycles. The van der Waals surface area contributed by atoms with Crippen molar-refractivity contribution in [3.05, 3.63) is 29.8 Å². The first-order valence-electron chi connectivity index (χ1n) is 8.30. The van der Waals surface area contributed by atoms with Crippen LogP contribution in [0.4, 0.5) is 14.5 Å². The minimum absolute atomic E-state index is 0.0260. The summed E-state index contributed by atoms with van der Waals surface area (Å²) in [6, 6.07) is 2.79. The molecule has 3 N–H and O–H groups in total. The Hall–Kier alpha value is -2.06. The van der Waals surface area contributed by atoms with E-state index in [1.54, 1.807) is 0 Å². The smallest absolute Gasteiger partial charge is 0.313 e. The van der Waals surface area contributed by atoms with Crippen LogP contribution in [-0.4, -0.2) is 54.1 Å². The molecule has 0 aliphatic carbocycles. The molecule has 2 rings (SSSR count). The van der Waals surface area contributed by atoms with Gasteiger partial charge in [0.25, 0.3) is 0 Å². The van der Waals surface area contributed by atoms with E-state index in [0.717, 1.165) is 37.7 Å². The molecule has 1 aliphatic heterocycles. The summed E-state index contributed by atoms with van der Waals surface area (Å²) in [5.74, 6) is -3.54. The second-order valence-electron chi connectivity index (χ2n) is 6.45. The van der Waals surface area contributed by atoms with Crippen molar-refractivity contribution in [2.75, 3.05) is 31.5 Å². The van der Waals surface area contributed by atoms with E-state index >= 15 is 0 Å². The maximum Gasteiger partial charge on any atom is 0.313 e.